The first-order valence-electron chi connectivity index (χ1n) is 10.2. The number of fused-ring (bicyclic) bond motifs is 2. The van der Waals surface area contributed by atoms with Crippen molar-refractivity contribution in [1.29, 1.82) is 0 Å². The molecular formula is C24H22BrF3N2O2. The molecule has 8 heteroatoms. The van der Waals surface area contributed by atoms with Crippen molar-refractivity contribution in [2.75, 3.05) is 6.61 Å². The minimum Gasteiger partial charge on any atom is -0.493 e. The van der Waals surface area contributed by atoms with Gasteiger partial charge in [-0.05, 0) is 35.6 Å². The number of alkyl halides is 3. The highest BCUT2D eigenvalue weighted by molar-refractivity contribution is 9.10. The third-order valence-corrected chi connectivity index (χ3v) is 6.53. The SMILES string of the molecule is [C-]#[N+]c1c(CC(O)(CC(C)(C)c2cc(Br)cc3c2OCC3)C(F)(F)F)[nH]c2ccccc12. The summed E-state index contributed by atoms with van der Waals surface area (Å²) in [6, 6.07) is 10.5. The summed E-state index contributed by atoms with van der Waals surface area (Å²) in [6.45, 7) is 11.3. The van der Waals surface area contributed by atoms with Gasteiger partial charge in [-0.3, -0.25) is 0 Å². The molecule has 4 rings (SSSR count). The molecule has 168 valence electrons. The van der Waals surface area contributed by atoms with Crippen molar-refractivity contribution >= 4 is 32.5 Å². The molecule has 0 saturated heterocycles. The Kier molecular flexibility index (Phi) is 5.54. The van der Waals surface area contributed by atoms with E-state index in [1.54, 1.807) is 44.2 Å². The molecular weight excluding hydrogens is 485 g/mol. The van der Waals surface area contributed by atoms with Crippen LogP contribution in [0.15, 0.2) is 40.9 Å². The number of H-pyrrole nitrogens is 1. The number of nitrogens with one attached hydrogen (secondary N) is 1. The first-order valence-corrected chi connectivity index (χ1v) is 11.0. The molecule has 1 aliphatic rings. The average molecular weight is 507 g/mol. The molecule has 1 atom stereocenters. The minimum absolute atomic E-state index is 0.0764. The Hall–Kier alpha value is -2.50. The maximum atomic E-state index is 14.3. The first-order chi connectivity index (χ1) is 14.9. The molecule has 3 aromatic rings. The van der Waals surface area contributed by atoms with Gasteiger partial charge in [-0.1, -0.05) is 48.0 Å². The summed E-state index contributed by atoms with van der Waals surface area (Å²) in [6.07, 6.45) is -5.56. The Bertz CT molecular complexity index is 1230. The smallest absolute Gasteiger partial charge is 0.417 e. The van der Waals surface area contributed by atoms with Crippen LogP contribution >= 0.6 is 15.9 Å². The molecule has 1 aliphatic heterocycles. The van der Waals surface area contributed by atoms with Gasteiger partial charge in [0.1, 0.15) is 5.75 Å². The van der Waals surface area contributed by atoms with Gasteiger partial charge in [0, 0.05) is 39.5 Å². The molecule has 0 bridgehead atoms. The van der Waals surface area contributed by atoms with Crippen molar-refractivity contribution in [2.24, 2.45) is 0 Å². The topological polar surface area (TPSA) is 49.6 Å². The summed E-state index contributed by atoms with van der Waals surface area (Å²) < 4.78 is 49.4. The molecule has 2 N–H and O–H groups in total. The van der Waals surface area contributed by atoms with Crippen molar-refractivity contribution in [3.8, 4) is 5.75 Å². The molecule has 0 radical (unpaired) electrons. The zero-order valence-electron chi connectivity index (χ0n) is 17.6. The maximum Gasteiger partial charge on any atom is 0.417 e. The molecule has 0 amide bonds. The summed E-state index contributed by atoms with van der Waals surface area (Å²) >= 11 is 3.44. The van der Waals surface area contributed by atoms with E-state index in [1.165, 1.54) is 0 Å². The highest BCUT2D eigenvalue weighted by atomic mass is 79.9. The molecule has 4 nitrogen and oxygen atoms in total. The van der Waals surface area contributed by atoms with Gasteiger partial charge in [-0.15, -0.1) is 0 Å². The monoisotopic (exact) mass is 506 g/mol. The van der Waals surface area contributed by atoms with Crippen molar-refractivity contribution in [2.45, 2.75) is 50.3 Å². The highest BCUT2D eigenvalue weighted by Gasteiger charge is 2.56. The van der Waals surface area contributed by atoms with Gasteiger partial charge in [0.15, 0.2) is 5.60 Å². The molecule has 1 unspecified atom stereocenters. The minimum atomic E-state index is -4.91. The van der Waals surface area contributed by atoms with E-state index in [4.69, 9.17) is 11.3 Å². The Labute approximate surface area is 192 Å². The number of aromatic amines is 1. The fraction of sp³-hybridized carbons (Fsp3) is 0.375. The second-order valence-electron chi connectivity index (χ2n) is 8.92. The van der Waals surface area contributed by atoms with E-state index in [2.05, 4.69) is 25.8 Å². The number of hydrogen-bond acceptors (Lipinski definition) is 2. The lowest BCUT2D eigenvalue weighted by Gasteiger charge is -2.38. The van der Waals surface area contributed by atoms with Crippen LogP contribution in [0.1, 0.15) is 37.1 Å². The fourth-order valence-electron chi connectivity index (χ4n) is 4.59. The van der Waals surface area contributed by atoms with Gasteiger partial charge in [0.25, 0.3) is 0 Å². The Balaban J connectivity index is 1.76. The molecule has 0 spiro atoms. The quantitative estimate of drug-likeness (QED) is 0.382. The second kappa shape index (κ2) is 7.82. The standard InChI is InChI=1S/C24H22BrF3N2O2/c1-22(2,17-11-15(25)10-14-8-9-32-21(14)17)13-23(31,24(26,27)28)12-19-20(29-3)16-6-4-5-7-18(16)30-19/h4-7,10-11,30-31H,8-9,12-13H2,1-2H3. The van der Waals surface area contributed by atoms with Crippen LogP contribution in [0.3, 0.4) is 0 Å². The van der Waals surface area contributed by atoms with Gasteiger partial charge in [-0.2, -0.15) is 13.2 Å². The number of nitrogens with zero attached hydrogens (tertiary/aromatic N) is 1. The summed E-state index contributed by atoms with van der Waals surface area (Å²) in [5, 5.41) is 11.6. The van der Waals surface area contributed by atoms with Gasteiger partial charge in [0.2, 0.25) is 5.69 Å². The van der Waals surface area contributed by atoms with E-state index in [0.29, 0.717) is 35.2 Å². The van der Waals surface area contributed by atoms with Crippen LogP contribution in [0.25, 0.3) is 15.7 Å². The number of rotatable bonds is 5. The molecule has 2 heterocycles. The number of aliphatic hydroxyl groups is 1. The van der Waals surface area contributed by atoms with Crippen molar-refractivity contribution in [3.05, 3.63) is 69.1 Å². The number of benzene rings is 2. The summed E-state index contributed by atoms with van der Waals surface area (Å²) in [5.41, 5.74) is -1.82. The first kappa shape index (κ1) is 22.7. The zero-order valence-corrected chi connectivity index (χ0v) is 19.2. The predicted octanol–water partition coefficient (Wildman–Crippen LogP) is 6.62. The van der Waals surface area contributed by atoms with Crippen LogP contribution in [0, 0.1) is 6.57 Å². The van der Waals surface area contributed by atoms with E-state index in [9.17, 15) is 18.3 Å². The number of halogens is 4. The lowest BCUT2D eigenvalue weighted by atomic mass is 9.72. The molecule has 0 aliphatic carbocycles. The molecule has 32 heavy (non-hydrogen) atoms. The van der Waals surface area contributed by atoms with Crippen LogP contribution in [-0.2, 0) is 18.3 Å². The van der Waals surface area contributed by atoms with Gasteiger partial charge in [0.05, 0.1) is 13.2 Å². The van der Waals surface area contributed by atoms with E-state index in [0.717, 1.165) is 10.0 Å². The lowest BCUT2D eigenvalue weighted by molar-refractivity contribution is -0.266. The highest BCUT2D eigenvalue weighted by Crippen LogP contribution is 2.48. The van der Waals surface area contributed by atoms with Gasteiger partial charge in [-0.25, -0.2) is 4.85 Å². The van der Waals surface area contributed by atoms with Gasteiger partial charge >= 0.3 is 6.18 Å². The molecule has 1 aromatic heterocycles. The van der Waals surface area contributed by atoms with Crippen molar-refractivity contribution in [3.63, 3.8) is 0 Å². The van der Waals surface area contributed by atoms with E-state index in [1.807, 2.05) is 6.07 Å². The summed E-state index contributed by atoms with van der Waals surface area (Å²) in [5.74, 6) is 0.593. The van der Waals surface area contributed by atoms with Crippen LogP contribution in [0.2, 0.25) is 0 Å². The Morgan fingerprint density at radius 2 is 1.94 bits per heavy atom. The van der Waals surface area contributed by atoms with Crippen LogP contribution < -0.4 is 4.74 Å². The van der Waals surface area contributed by atoms with Crippen molar-refractivity contribution in [1.82, 2.24) is 4.98 Å². The maximum absolute atomic E-state index is 14.3. The number of hydrogen-bond donors (Lipinski definition) is 2. The number of ether oxygens (including phenoxy) is 1. The van der Waals surface area contributed by atoms with Crippen molar-refractivity contribution < 1.29 is 23.0 Å². The number of para-hydroxylation sites is 1. The van der Waals surface area contributed by atoms with Crippen LogP contribution in [-0.4, -0.2) is 28.5 Å². The summed E-state index contributed by atoms with van der Waals surface area (Å²) in [7, 11) is 0. The van der Waals surface area contributed by atoms with Crippen LogP contribution in [0.5, 0.6) is 5.75 Å². The normalized spacial score (nSPS) is 15.8. The van der Waals surface area contributed by atoms with E-state index in [-0.39, 0.29) is 11.4 Å². The Morgan fingerprint density at radius 3 is 2.62 bits per heavy atom. The number of aromatic nitrogens is 1. The van der Waals surface area contributed by atoms with E-state index >= 15 is 0 Å². The lowest BCUT2D eigenvalue weighted by Crippen LogP contribution is -2.51. The van der Waals surface area contributed by atoms with Crippen LogP contribution in [0.4, 0.5) is 18.9 Å². The fourth-order valence-corrected chi connectivity index (χ4v) is 5.10. The zero-order chi connectivity index (χ0) is 23.3. The Morgan fingerprint density at radius 1 is 1.22 bits per heavy atom. The third kappa shape index (κ3) is 3.89. The van der Waals surface area contributed by atoms with Gasteiger partial charge < -0.3 is 14.8 Å². The third-order valence-electron chi connectivity index (χ3n) is 6.07. The summed E-state index contributed by atoms with van der Waals surface area (Å²) in [4.78, 5) is 6.37. The second-order valence-corrected chi connectivity index (χ2v) is 9.83. The average Bonchev–Trinajstić information content (AvgIpc) is 3.29. The van der Waals surface area contributed by atoms with E-state index < -0.39 is 30.0 Å². The predicted molar refractivity (Wildman–Crippen MR) is 120 cm³/mol. The molecule has 2 aromatic carbocycles. The largest absolute Gasteiger partial charge is 0.493 e. The molecule has 0 fully saturated rings. The molecule has 0 saturated carbocycles.